The Kier molecular flexibility index (Phi) is 4.86. The van der Waals surface area contributed by atoms with Crippen LogP contribution in [0.4, 0.5) is 4.79 Å². The Bertz CT molecular complexity index is 1040. The van der Waals surface area contributed by atoms with E-state index in [2.05, 4.69) is 61.7 Å². The van der Waals surface area contributed by atoms with Crippen LogP contribution in [0.5, 0.6) is 0 Å². The lowest BCUT2D eigenvalue weighted by Gasteiger charge is -2.27. The molecule has 2 heterocycles. The lowest BCUT2D eigenvalue weighted by atomic mass is 10.1. The second kappa shape index (κ2) is 6.92. The molecule has 0 unspecified atom stereocenters. The van der Waals surface area contributed by atoms with Crippen molar-refractivity contribution >= 4 is 66.4 Å². The normalized spacial score (nSPS) is 17.8. The lowest BCUT2D eigenvalue weighted by Crippen LogP contribution is -2.36. The summed E-state index contributed by atoms with van der Waals surface area (Å²) in [5, 5.41) is 2.29. The summed E-state index contributed by atoms with van der Waals surface area (Å²) in [4.78, 5) is 22.8. The number of aromatic nitrogens is 2. The average molecular weight is 542 g/mol. The summed E-state index contributed by atoms with van der Waals surface area (Å²) in [6, 6.07) is 8.29. The second-order valence-corrected chi connectivity index (χ2v) is 9.98. The SMILES string of the molecule is CC(C)(C)OC(=O)N1CCC[C@H]1c1nc2c(cc(I)c3cc(Br)ccc32)[nH]1. The van der Waals surface area contributed by atoms with Gasteiger partial charge in [0.1, 0.15) is 11.4 Å². The first-order valence-electron chi connectivity index (χ1n) is 9.00. The zero-order valence-electron chi connectivity index (χ0n) is 15.5. The monoisotopic (exact) mass is 541 g/mol. The number of carbonyl (C=O) groups excluding carboxylic acids is 1. The van der Waals surface area contributed by atoms with Crippen molar-refractivity contribution in [3.05, 3.63) is 38.1 Å². The topological polar surface area (TPSA) is 58.2 Å². The van der Waals surface area contributed by atoms with Crippen molar-refractivity contribution in [1.82, 2.24) is 14.9 Å². The minimum Gasteiger partial charge on any atom is -0.444 e. The Balaban J connectivity index is 1.75. The summed E-state index contributed by atoms with van der Waals surface area (Å²) in [7, 11) is 0. The highest BCUT2D eigenvalue weighted by atomic mass is 127. The van der Waals surface area contributed by atoms with Gasteiger partial charge in [-0.25, -0.2) is 9.78 Å². The highest BCUT2D eigenvalue weighted by molar-refractivity contribution is 14.1. The number of likely N-dealkylation sites (tertiary alicyclic amines) is 1. The van der Waals surface area contributed by atoms with Crippen LogP contribution in [0.3, 0.4) is 0 Å². The quantitative estimate of drug-likeness (QED) is 0.376. The minimum absolute atomic E-state index is 0.0737. The fraction of sp³-hybridized carbons (Fsp3) is 0.400. The molecule has 0 aliphatic carbocycles. The summed E-state index contributed by atoms with van der Waals surface area (Å²) >= 11 is 5.90. The van der Waals surface area contributed by atoms with Gasteiger partial charge in [0, 0.05) is 20.0 Å². The van der Waals surface area contributed by atoms with Crippen molar-refractivity contribution in [1.29, 1.82) is 0 Å². The third-order valence-electron chi connectivity index (χ3n) is 4.71. The maximum absolute atomic E-state index is 12.6. The first-order valence-corrected chi connectivity index (χ1v) is 10.9. The number of ether oxygens (including phenoxy) is 1. The zero-order chi connectivity index (χ0) is 19.3. The molecule has 27 heavy (non-hydrogen) atoms. The van der Waals surface area contributed by atoms with Gasteiger partial charge in [-0.2, -0.15) is 0 Å². The number of rotatable bonds is 1. The summed E-state index contributed by atoms with van der Waals surface area (Å²) in [6.45, 7) is 6.37. The minimum atomic E-state index is -0.502. The molecule has 0 saturated carbocycles. The third kappa shape index (κ3) is 3.68. The van der Waals surface area contributed by atoms with Crippen molar-refractivity contribution in [3.8, 4) is 0 Å². The second-order valence-electron chi connectivity index (χ2n) is 7.90. The number of H-pyrrole nitrogens is 1. The van der Waals surface area contributed by atoms with E-state index in [1.165, 1.54) is 8.96 Å². The first-order chi connectivity index (χ1) is 12.7. The van der Waals surface area contributed by atoms with E-state index in [-0.39, 0.29) is 12.1 Å². The van der Waals surface area contributed by atoms with Gasteiger partial charge < -0.3 is 9.72 Å². The largest absolute Gasteiger partial charge is 0.444 e. The molecule has 1 atom stereocenters. The molecule has 5 nitrogen and oxygen atoms in total. The molecule has 1 saturated heterocycles. The maximum atomic E-state index is 12.6. The average Bonchev–Trinajstić information content (AvgIpc) is 3.19. The Morgan fingerprint density at radius 3 is 2.85 bits per heavy atom. The highest BCUT2D eigenvalue weighted by Gasteiger charge is 2.35. The van der Waals surface area contributed by atoms with E-state index in [1.807, 2.05) is 26.8 Å². The number of benzene rings is 2. The molecule has 0 spiro atoms. The Morgan fingerprint density at radius 2 is 2.11 bits per heavy atom. The van der Waals surface area contributed by atoms with Crippen molar-refractivity contribution in [3.63, 3.8) is 0 Å². The highest BCUT2D eigenvalue weighted by Crippen LogP contribution is 2.35. The van der Waals surface area contributed by atoms with E-state index < -0.39 is 5.60 Å². The number of hydrogen-bond acceptors (Lipinski definition) is 3. The number of amides is 1. The maximum Gasteiger partial charge on any atom is 0.410 e. The number of nitrogens with zero attached hydrogens (tertiary/aromatic N) is 2. The molecule has 3 aromatic rings. The van der Waals surface area contributed by atoms with Crippen LogP contribution in [0.15, 0.2) is 28.7 Å². The van der Waals surface area contributed by atoms with Gasteiger partial charge in [-0.3, -0.25) is 4.90 Å². The van der Waals surface area contributed by atoms with Gasteiger partial charge >= 0.3 is 6.09 Å². The molecule has 7 heteroatoms. The zero-order valence-corrected chi connectivity index (χ0v) is 19.2. The number of aromatic amines is 1. The van der Waals surface area contributed by atoms with E-state index in [0.29, 0.717) is 6.54 Å². The van der Waals surface area contributed by atoms with Crippen molar-refractivity contribution in [2.75, 3.05) is 6.54 Å². The van der Waals surface area contributed by atoms with Gasteiger partial charge in [-0.15, -0.1) is 0 Å². The molecule has 0 bridgehead atoms. The van der Waals surface area contributed by atoms with Crippen LogP contribution in [0.2, 0.25) is 0 Å². The van der Waals surface area contributed by atoms with Crippen LogP contribution in [0.1, 0.15) is 45.5 Å². The number of imidazole rings is 1. The van der Waals surface area contributed by atoms with Gasteiger partial charge in [-0.1, -0.05) is 22.0 Å². The van der Waals surface area contributed by atoms with Crippen LogP contribution in [0.25, 0.3) is 21.8 Å². The third-order valence-corrected chi connectivity index (χ3v) is 6.10. The predicted octanol–water partition coefficient (Wildman–Crippen LogP) is 6.16. The van der Waals surface area contributed by atoms with Crippen molar-refractivity contribution in [2.24, 2.45) is 0 Å². The lowest BCUT2D eigenvalue weighted by molar-refractivity contribution is 0.0219. The molecule has 1 fully saturated rings. The van der Waals surface area contributed by atoms with E-state index in [9.17, 15) is 4.79 Å². The summed E-state index contributed by atoms with van der Waals surface area (Å²) < 4.78 is 7.81. The standard InChI is InChI=1S/C20H21BrIN3O2/c1-20(2,3)27-19(26)25-8-4-5-16(25)18-23-15-10-14(22)13-9-11(21)6-7-12(13)17(15)24-18/h6-7,9-10,16H,4-5,8H2,1-3H3,(H,23,24)/t16-/m0/s1. The molecular weight excluding hydrogens is 521 g/mol. The molecule has 142 valence electrons. The number of carbonyl (C=O) groups is 1. The number of nitrogens with one attached hydrogen (secondary N) is 1. The van der Waals surface area contributed by atoms with E-state index in [4.69, 9.17) is 9.72 Å². The smallest absolute Gasteiger partial charge is 0.410 e. The van der Waals surface area contributed by atoms with E-state index in [1.54, 1.807) is 4.90 Å². The number of fused-ring (bicyclic) bond motifs is 3. The van der Waals surface area contributed by atoms with Crippen molar-refractivity contribution in [2.45, 2.75) is 45.3 Å². The molecule has 0 radical (unpaired) electrons. The van der Waals surface area contributed by atoms with E-state index >= 15 is 0 Å². The summed E-state index contributed by atoms with van der Waals surface area (Å²) in [5.41, 5.74) is 1.45. The first kappa shape index (κ1) is 19.0. The van der Waals surface area contributed by atoms with Crippen LogP contribution >= 0.6 is 38.5 Å². The molecule has 1 aliphatic rings. The van der Waals surface area contributed by atoms with Gasteiger partial charge in [0.2, 0.25) is 0 Å². The van der Waals surface area contributed by atoms with Gasteiger partial charge in [-0.05, 0) is 79.8 Å². The van der Waals surface area contributed by atoms with Gasteiger partial charge in [0.25, 0.3) is 0 Å². The molecular formula is C20H21BrIN3O2. The molecule has 1 N–H and O–H groups in total. The van der Waals surface area contributed by atoms with Crippen LogP contribution < -0.4 is 0 Å². The number of hydrogen-bond donors (Lipinski definition) is 1. The molecule has 4 rings (SSSR count). The fourth-order valence-electron chi connectivity index (χ4n) is 3.59. The Labute approximate surface area is 180 Å². The predicted molar refractivity (Wildman–Crippen MR) is 119 cm³/mol. The van der Waals surface area contributed by atoms with Gasteiger partial charge in [0.15, 0.2) is 0 Å². The molecule has 1 aliphatic heterocycles. The summed E-state index contributed by atoms with van der Waals surface area (Å²) in [6.07, 6.45) is 1.57. The molecule has 2 aromatic carbocycles. The fourth-order valence-corrected chi connectivity index (χ4v) is 4.71. The van der Waals surface area contributed by atoms with Crippen LogP contribution in [0, 0.1) is 3.57 Å². The number of halogens is 2. The molecule has 1 amide bonds. The van der Waals surface area contributed by atoms with Gasteiger partial charge in [0.05, 0.1) is 17.1 Å². The Hall–Kier alpha value is -1.35. The molecule has 1 aromatic heterocycles. The van der Waals surface area contributed by atoms with Crippen molar-refractivity contribution < 1.29 is 9.53 Å². The summed E-state index contributed by atoms with van der Waals surface area (Å²) in [5.74, 6) is 0.833. The Morgan fingerprint density at radius 1 is 1.33 bits per heavy atom. The van der Waals surface area contributed by atoms with E-state index in [0.717, 1.165) is 39.6 Å². The van der Waals surface area contributed by atoms with Crippen LogP contribution in [-0.2, 0) is 4.74 Å². The van der Waals surface area contributed by atoms with Crippen LogP contribution in [-0.4, -0.2) is 33.1 Å².